The number of carbonyl (C=O) groups excluding carboxylic acids is 1. The van der Waals surface area contributed by atoms with E-state index in [2.05, 4.69) is 31.6 Å². The number of methoxy groups -OCH3 is 3. The van der Waals surface area contributed by atoms with Crippen LogP contribution in [0.2, 0.25) is 0 Å². The molecule has 3 aromatic rings. The highest BCUT2D eigenvalue weighted by atomic mass is 16.5. The van der Waals surface area contributed by atoms with E-state index < -0.39 is 0 Å². The zero-order chi connectivity index (χ0) is 27.6. The Morgan fingerprint density at radius 2 is 1.74 bits per heavy atom. The predicted molar refractivity (Wildman–Crippen MR) is 151 cm³/mol. The second-order valence-corrected chi connectivity index (χ2v) is 9.28. The van der Waals surface area contributed by atoms with Crippen LogP contribution in [0.3, 0.4) is 0 Å². The summed E-state index contributed by atoms with van der Waals surface area (Å²) < 4.78 is 21.5. The van der Waals surface area contributed by atoms with Gasteiger partial charge in [0.05, 0.1) is 27.9 Å². The van der Waals surface area contributed by atoms with Crippen molar-refractivity contribution in [1.29, 1.82) is 0 Å². The summed E-state index contributed by atoms with van der Waals surface area (Å²) >= 11 is 0. The van der Waals surface area contributed by atoms with Crippen molar-refractivity contribution in [2.75, 3.05) is 51.2 Å². The van der Waals surface area contributed by atoms with Gasteiger partial charge < -0.3 is 34.5 Å². The summed E-state index contributed by atoms with van der Waals surface area (Å²) in [6.07, 6.45) is 6.46. The van der Waals surface area contributed by atoms with E-state index in [-0.39, 0.29) is 5.91 Å². The standard InChI is InChI=1S/C18H24N4O3.C11H13NO2/c1-23-14-11-13(12-15(24-2)17(14)25-3)20-18-19-8-7-16(21-18)22-9-5-4-6-10-22;1-8(13)12-7-9-2-3-11-10(6-9)4-5-14-11/h7-8,11-12H,4-6,9-10H2,1-3H3,(H,19,20,21);2-3,6H,4-5,7H2,1H3,(H,12,13). The van der Waals surface area contributed by atoms with Gasteiger partial charge >= 0.3 is 0 Å². The summed E-state index contributed by atoms with van der Waals surface area (Å²) in [5, 5.41) is 5.99. The minimum atomic E-state index is 0.00162. The SMILES string of the molecule is CC(=O)NCc1ccc2c(c1)CCO2.COc1cc(Nc2nccc(N3CCCCC3)n2)cc(OC)c1OC. The Morgan fingerprint density at radius 1 is 1.00 bits per heavy atom. The van der Waals surface area contributed by atoms with E-state index in [1.165, 1.54) is 31.7 Å². The number of rotatable bonds is 8. The first-order valence-electron chi connectivity index (χ1n) is 13.1. The van der Waals surface area contributed by atoms with Gasteiger partial charge in [-0.25, -0.2) is 4.98 Å². The summed E-state index contributed by atoms with van der Waals surface area (Å²) in [6, 6.07) is 11.7. The van der Waals surface area contributed by atoms with Gasteiger partial charge in [0.25, 0.3) is 0 Å². The highest BCUT2D eigenvalue weighted by Gasteiger charge is 2.16. The van der Waals surface area contributed by atoms with Gasteiger partial charge in [0.2, 0.25) is 17.6 Å². The van der Waals surface area contributed by atoms with E-state index >= 15 is 0 Å². The molecule has 0 unspecified atom stereocenters. The molecular formula is C29H37N5O5. The molecule has 2 aromatic carbocycles. The highest BCUT2D eigenvalue weighted by molar-refractivity contribution is 5.72. The number of piperidine rings is 1. The molecule has 3 heterocycles. The first-order chi connectivity index (χ1) is 19.0. The molecule has 1 aromatic heterocycles. The molecule has 0 bridgehead atoms. The Morgan fingerprint density at radius 3 is 2.41 bits per heavy atom. The molecule has 0 radical (unpaired) electrons. The van der Waals surface area contributed by atoms with Crippen LogP contribution in [-0.2, 0) is 17.8 Å². The molecule has 0 atom stereocenters. The van der Waals surface area contributed by atoms with Gasteiger partial charge in [0.1, 0.15) is 11.6 Å². The maximum atomic E-state index is 10.7. The summed E-state index contributed by atoms with van der Waals surface area (Å²) in [5.41, 5.74) is 3.14. The Hall–Kier alpha value is -4.21. The van der Waals surface area contributed by atoms with Crippen LogP contribution in [0, 0.1) is 0 Å². The lowest BCUT2D eigenvalue weighted by molar-refractivity contribution is -0.119. The molecule has 1 saturated heterocycles. The normalized spacial score (nSPS) is 13.8. The number of carbonyl (C=O) groups is 1. The van der Waals surface area contributed by atoms with Gasteiger partial charge in [0, 0.05) is 57.0 Å². The van der Waals surface area contributed by atoms with Crippen molar-refractivity contribution >= 4 is 23.4 Å². The molecule has 5 rings (SSSR count). The van der Waals surface area contributed by atoms with Crippen LogP contribution < -0.4 is 34.5 Å². The lowest BCUT2D eigenvalue weighted by atomic mass is 10.1. The maximum Gasteiger partial charge on any atom is 0.229 e. The molecule has 10 heteroatoms. The van der Waals surface area contributed by atoms with Crippen LogP contribution >= 0.6 is 0 Å². The molecule has 208 valence electrons. The van der Waals surface area contributed by atoms with Crippen molar-refractivity contribution in [3.05, 3.63) is 53.7 Å². The molecule has 0 spiro atoms. The molecule has 0 aliphatic carbocycles. The van der Waals surface area contributed by atoms with Crippen LogP contribution in [0.15, 0.2) is 42.6 Å². The highest BCUT2D eigenvalue weighted by Crippen LogP contribution is 2.40. The number of ether oxygens (including phenoxy) is 4. The number of nitrogens with one attached hydrogen (secondary N) is 2. The Bertz CT molecular complexity index is 1240. The number of benzene rings is 2. The second kappa shape index (κ2) is 13.5. The van der Waals surface area contributed by atoms with Gasteiger partial charge in [-0.1, -0.05) is 12.1 Å². The van der Waals surface area contributed by atoms with Crippen LogP contribution in [0.4, 0.5) is 17.5 Å². The average molecular weight is 536 g/mol. The molecule has 1 amide bonds. The number of amides is 1. The molecule has 0 saturated carbocycles. The lowest BCUT2D eigenvalue weighted by Crippen LogP contribution is -2.30. The van der Waals surface area contributed by atoms with Crippen LogP contribution in [-0.4, -0.2) is 56.9 Å². The molecule has 39 heavy (non-hydrogen) atoms. The van der Waals surface area contributed by atoms with Gasteiger partial charge in [0.15, 0.2) is 11.5 Å². The molecule has 2 aliphatic heterocycles. The average Bonchev–Trinajstić information content (AvgIpc) is 3.44. The Balaban J connectivity index is 0.000000212. The molecular weight excluding hydrogens is 498 g/mol. The number of fused-ring (bicyclic) bond motifs is 1. The topological polar surface area (TPSA) is 107 Å². The monoisotopic (exact) mass is 535 g/mol. The molecule has 10 nitrogen and oxygen atoms in total. The molecule has 2 aliphatic rings. The fraction of sp³-hybridized carbons (Fsp3) is 0.414. The van der Waals surface area contributed by atoms with Crippen molar-refractivity contribution in [2.24, 2.45) is 0 Å². The van der Waals surface area contributed by atoms with Gasteiger partial charge in [-0.2, -0.15) is 4.98 Å². The predicted octanol–water partition coefficient (Wildman–Crippen LogP) is 4.49. The van der Waals surface area contributed by atoms with E-state index in [1.54, 1.807) is 27.5 Å². The molecule has 2 N–H and O–H groups in total. The van der Waals surface area contributed by atoms with Crippen LogP contribution in [0.25, 0.3) is 0 Å². The van der Waals surface area contributed by atoms with E-state index in [1.807, 2.05) is 30.3 Å². The summed E-state index contributed by atoms with van der Waals surface area (Å²) in [5.74, 6) is 4.19. The summed E-state index contributed by atoms with van der Waals surface area (Å²) in [4.78, 5) is 22.0. The number of aromatic nitrogens is 2. The first kappa shape index (κ1) is 27.8. The van der Waals surface area contributed by atoms with E-state index in [4.69, 9.17) is 18.9 Å². The Labute approximate surface area is 229 Å². The quantitative estimate of drug-likeness (QED) is 0.431. The van der Waals surface area contributed by atoms with Crippen molar-refractivity contribution in [3.8, 4) is 23.0 Å². The number of anilines is 3. The van der Waals surface area contributed by atoms with Crippen molar-refractivity contribution in [3.63, 3.8) is 0 Å². The van der Waals surface area contributed by atoms with Crippen LogP contribution in [0.1, 0.15) is 37.3 Å². The third-order valence-corrected chi connectivity index (χ3v) is 6.54. The third-order valence-electron chi connectivity index (χ3n) is 6.54. The van der Waals surface area contributed by atoms with Crippen molar-refractivity contribution in [2.45, 2.75) is 39.2 Å². The number of hydrogen-bond donors (Lipinski definition) is 2. The summed E-state index contributed by atoms with van der Waals surface area (Å²) in [6.45, 7) is 4.99. The van der Waals surface area contributed by atoms with Gasteiger partial charge in [-0.05, 0) is 42.5 Å². The van der Waals surface area contributed by atoms with Gasteiger partial charge in [-0.3, -0.25) is 4.79 Å². The third kappa shape index (κ3) is 7.43. The zero-order valence-electron chi connectivity index (χ0n) is 23.1. The first-order valence-corrected chi connectivity index (χ1v) is 13.1. The minimum absolute atomic E-state index is 0.00162. The Kier molecular flexibility index (Phi) is 9.66. The summed E-state index contributed by atoms with van der Waals surface area (Å²) in [7, 11) is 4.77. The molecule has 1 fully saturated rings. The van der Waals surface area contributed by atoms with Crippen LogP contribution in [0.5, 0.6) is 23.0 Å². The van der Waals surface area contributed by atoms with E-state index in [0.717, 1.165) is 48.9 Å². The number of nitrogens with zero attached hydrogens (tertiary/aromatic N) is 3. The van der Waals surface area contributed by atoms with Gasteiger partial charge in [-0.15, -0.1) is 0 Å². The van der Waals surface area contributed by atoms with Crippen molar-refractivity contribution in [1.82, 2.24) is 15.3 Å². The van der Waals surface area contributed by atoms with E-state index in [9.17, 15) is 4.79 Å². The van der Waals surface area contributed by atoms with Crippen molar-refractivity contribution < 1.29 is 23.7 Å². The second-order valence-electron chi connectivity index (χ2n) is 9.28. The fourth-order valence-electron chi connectivity index (χ4n) is 4.57. The van der Waals surface area contributed by atoms with E-state index in [0.29, 0.717) is 29.7 Å². The largest absolute Gasteiger partial charge is 0.493 e. The lowest BCUT2D eigenvalue weighted by Gasteiger charge is -2.27. The minimum Gasteiger partial charge on any atom is -0.493 e. The zero-order valence-corrected chi connectivity index (χ0v) is 23.1. The maximum absolute atomic E-state index is 10.7. The smallest absolute Gasteiger partial charge is 0.229 e. The fourth-order valence-corrected chi connectivity index (χ4v) is 4.57. The number of hydrogen-bond acceptors (Lipinski definition) is 9.